The van der Waals surface area contributed by atoms with E-state index in [2.05, 4.69) is 32.4 Å². The van der Waals surface area contributed by atoms with Crippen LogP contribution < -0.4 is 10.6 Å². The molecule has 0 saturated carbocycles. The Balaban J connectivity index is 1.62. The fourth-order valence-electron chi connectivity index (χ4n) is 3.68. The zero-order valence-corrected chi connectivity index (χ0v) is 19.8. The number of nitrogens with zero attached hydrogens (tertiary/aromatic N) is 4. The fraction of sp³-hybridized carbons (Fsp3) is 0.154. The summed E-state index contributed by atoms with van der Waals surface area (Å²) >= 11 is 1.58. The summed E-state index contributed by atoms with van der Waals surface area (Å²) in [7, 11) is 1.74. The van der Waals surface area contributed by atoms with E-state index in [9.17, 15) is 4.79 Å². The zero-order valence-electron chi connectivity index (χ0n) is 19.0. The maximum absolute atomic E-state index is 12.4. The van der Waals surface area contributed by atoms with Crippen molar-refractivity contribution in [1.29, 1.82) is 0 Å². The van der Waals surface area contributed by atoms with Crippen LogP contribution in [0.3, 0.4) is 0 Å². The average molecular weight is 467 g/mol. The number of hydrogen-bond donors (Lipinski definition) is 2. The lowest BCUT2D eigenvalue weighted by molar-refractivity contribution is -0.117. The summed E-state index contributed by atoms with van der Waals surface area (Å²) in [6, 6.07) is 15.2. The molecule has 7 nitrogen and oxygen atoms in total. The molecule has 0 bridgehead atoms. The molecular weight excluding hydrogens is 444 g/mol. The lowest BCUT2D eigenvalue weighted by atomic mass is 10.1. The Hall–Kier alpha value is -4.06. The molecule has 1 amide bonds. The van der Waals surface area contributed by atoms with Crippen molar-refractivity contribution in [3.63, 3.8) is 0 Å². The van der Waals surface area contributed by atoms with E-state index in [1.54, 1.807) is 31.4 Å². The number of aromatic nitrogens is 4. The highest BCUT2D eigenvalue weighted by Crippen LogP contribution is 2.28. The van der Waals surface area contributed by atoms with E-state index in [1.807, 2.05) is 65.5 Å². The Morgan fingerprint density at radius 3 is 2.85 bits per heavy atom. The Morgan fingerprint density at radius 2 is 2.00 bits per heavy atom. The number of amides is 1. The molecule has 0 aliphatic rings. The van der Waals surface area contributed by atoms with Gasteiger partial charge in [-0.1, -0.05) is 12.0 Å². The second kappa shape index (κ2) is 9.06. The Morgan fingerprint density at radius 1 is 1.12 bits per heavy atom. The first-order chi connectivity index (χ1) is 16.5. The summed E-state index contributed by atoms with van der Waals surface area (Å²) in [5, 5.41) is 5.80. The molecule has 1 unspecified atom stereocenters. The quantitative estimate of drug-likeness (QED) is 0.387. The van der Waals surface area contributed by atoms with Gasteiger partial charge in [-0.2, -0.15) is 0 Å². The number of hydrogen-bond acceptors (Lipinski definition) is 6. The predicted molar refractivity (Wildman–Crippen MR) is 136 cm³/mol. The maximum Gasteiger partial charge on any atom is 0.242 e. The topological polar surface area (TPSA) is 84.2 Å². The number of anilines is 1. The molecular formula is C26H22N6OS. The molecule has 1 atom stereocenters. The van der Waals surface area contributed by atoms with Gasteiger partial charge in [0.1, 0.15) is 17.2 Å². The van der Waals surface area contributed by atoms with E-state index in [0.29, 0.717) is 11.5 Å². The first kappa shape index (κ1) is 21.8. The third-order valence-corrected chi connectivity index (χ3v) is 6.38. The number of pyridine rings is 2. The van der Waals surface area contributed by atoms with Crippen LogP contribution in [-0.2, 0) is 4.79 Å². The highest BCUT2D eigenvalue weighted by Gasteiger charge is 2.17. The molecule has 0 spiro atoms. The minimum atomic E-state index is -0.344. The molecule has 0 saturated heterocycles. The molecule has 5 rings (SSSR count). The summed E-state index contributed by atoms with van der Waals surface area (Å²) < 4.78 is 3.11. The van der Waals surface area contributed by atoms with E-state index < -0.39 is 0 Å². The molecule has 1 aromatic carbocycles. The normalized spacial score (nSPS) is 11.9. The molecule has 5 aromatic rings. The van der Waals surface area contributed by atoms with Crippen LogP contribution in [0.4, 0.5) is 5.82 Å². The van der Waals surface area contributed by atoms with Crippen LogP contribution in [0.1, 0.15) is 23.9 Å². The van der Waals surface area contributed by atoms with Crippen molar-refractivity contribution in [2.75, 3.05) is 12.4 Å². The van der Waals surface area contributed by atoms with Crippen LogP contribution >= 0.6 is 11.3 Å². The molecule has 34 heavy (non-hydrogen) atoms. The van der Waals surface area contributed by atoms with Crippen LogP contribution in [-0.4, -0.2) is 38.3 Å². The second-order valence-corrected chi connectivity index (χ2v) is 8.74. The Bertz CT molecular complexity index is 1590. The molecule has 0 fully saturated rings. The monoisotopic (exact) mass is 466 g/mol. The predicted octanol–water partition coefficient (Wildman–Crippen LogP) is 4.26. The third kappa shape index (κ3) is 4.15. The average Bonchev–Trinajstić information content (AvgIpc) is 3.45. The van der Waals surface area contributed by atoms with Crippen molar-refractivity contribution < 1.29 is 4.79 Å². The molecule has 0 radical (unpaired) electrons. The van der Waals surface area contributed by atoms with Crippen molar-refractivity contribution in [1.82, 2.24) is 24.7 Å². The molecule has 4 aromatic heterocycles. The summed E-state index contributed by atoms with van der Waals surface area (Å²) in [4.78, 5) is 26.1. The maximum atomic E-state index is 12.4. The number of benzene rings is 1. The fourth-order valence-corrected chi connectivity index (χ4v) is 4.40. The molecule has 168 valence electrons. The summed E-state index contributed by atoms with van der Waals surface area (Å²) in [5.41, 5.74) is 7.72. The molecule has 4 heterocycles. The third-order valence-electron chi connectivity index (χ3n) is 5.59. The molecule has 0 aliphatic heterocycles. The minimum absolute atomic E-state index is 0.164. The van der Waals surface area contributed by atoms with Crippen LogP contribution in [0.2, 0.25) is 0 Å². The van der Waals surface area contributed by atoms with Crippen LogP contribution in [0.25, 0.3) is 27.1 Å². The van der Waals surface area contributed by atoms with Gasteiger partial charge < -0.3 is 10.6 Å². The molecule has 8 heteroatoms. The van der Waals surface area contributed by atoms with E-state index in [-0.39, 0.29) is 11.9 Å². The number of aryl methyl sites for hydroxylation is 1. The summed E-state index contributed by atoms with van der Waals surface area (Å²) in [6.07, 6.45) is 1.98. The number of carbonyl (C=O) groups is 1. The van der Waals surface area contributed by atoms with E-state index >= 15 is 0 Å². The van der Waals surface area contributed by atoms with Crippen molar-refractivity contribution in [3.05, 3.63) is 77.2 Å². The van der Waals surface area contributed by atoms with Crippen molar-refractivity contribution in [2.45, 2.75) is 19.9 Å². The van der Waals surface area contributed by atoms with Gasteiger partial charge in [0.25, 0.3) is 0 Å². The Kier molecular flexibility index (Phi) is 5.80. The van der Waals surface area contributed by atoms with Gasteiger partial charge >= 0.3 is 0 Å². The largest absolute Gasteiger partial charge is 0.309 e. The second-order valence-electron chi connectivity index (χ2n) is 7.85. The van der Waals surface area contributed by atoms with E-state index in [0.717, 1.165) is 38.4 Å². The van der Waals surface area contributed by atoms with Gasteiger partial charge in [-0.3, -0.25) is 9.20 Å². The summed E-state index contributed by atoms with van der Waals surface area (Å²) in [6.45, 7) is 3.77. The van der Waals surface area contributed by atoms with Crippen molar-refractivity contribution in [3.8, 4) is 23.1 Å². The first-order valence-corrected chi connectivity index (χ1v) is 11.7. The van der Waals surface area contributed by atoms with Crippen molar-refractivity contribution >= 4 is 38.9 Å². The van der Waals surface area contributed by atoms with Gasteiger partial charge in [0, 0.05) is 17.3 Å². The smallest absolute Gasteiger partial charge is 0.242 e. The standard InChI is InChI=1S/C26H22N6OS/c1-16-25(32-13-5-4-6-24(32)29-16)19-9-12-23(31-26(33)17(2)27-3)30-20(19)10-7-18-8-11-21-22(14-18)34-15-28-21/h4-6,8-9,11-15,17,27H,1-3H3,(H,30,31,33). The Labute approximate surface area is 200 Å². The van der Waals surface area contributed by atoms with Gasteiger partial charge in [0.2, 0.25) is 5.91 Å². The van der Waals surface area contributed by atoms with E-state index in [4.69, 9.17) is 4.98 Å². The van der Waals surface area contributed by atoms with Crippen LogP contribution in [0, 0.1) is 18.8 Å². The number of fused-ring (bicyclic) bond motifs is 2. The molecule has 2 N–H and O–H groups in total. The lowest BCUT2D eigenvalue weighted by Crippen LogP contribution is -2.35. The van der Waals surface area contributed by atoms with Gasteiger partial charge in [0.05, 0.1) is 33.2 Å². The number of nitrogens with one attached hydrogen (secondary N) is 2. The SMILES string of the molecule is CNC(C)C(=O)Nc1ccc(-c2c(C)nc3ccccn23)c(C#Cc2ccc3ncsc3c2)n1. The highest BCUT2D eigenvalue weighted by atomic mass is 32.1. The molecule has 0 aliphatic carbocycles. The van der Waals surface area contributed by atoms with Gasteiger partial charge in [-0.05, 0) is 69.3 Å². The van der Waals surface area contributed by atoms with Crippen molar-refractivity contribution in [2.24, 2.45) is 0 Å². The minimum Gasteiger partial charge on any atom is -0.309 e. The van der Waals surface area contributed by atoms with Gasteiger partial charge in [-0.15, -0.1) is 11.3 Å². The number of imidazole rings is 1. The highest BCUT2D eigenvalue weighted by molar-refractivity contribution is 7.16. The van der Waals surface area contributed by atoms with Gasteiger partial charge in [-0.25, -0.2) is 15.0 Å². The lowest BCUT2D eigenvalue weighted by Gasteiger charge is -2.12. The number of thiazole rings is 1. The van der Waals surface area contributed by atoms with Crippen LogP contribution in [0.5, 0.6) is 0 Å². The zero-order chi connectivity index (χ0) is 23.7. The first-order valence-electron chi connectivity index (χ1n) is 10.8. The number of rotatable bonds is 4. The van der Waals surface area contributed by atoms with E-state index in [1.165, 1.54) is 0 Å². The number of likely N-dealkylation sites (N-methyl/N-ethyl adjacent to an activating group) is 1. The van der Waals surface area contributed by atoms with Crippen LogP contribution in [0.15, 0.2) is 60.2 Å². The summed E-state index contributed by atoms with van der Waals surface area (Å²) in [5.74, 6) is 6.76. The number of carbonyl (C=O) groups excluding carboxylic acids is 1. The van der Waals surface area contributed by atoms with Gasteiger partial charge in [0.15, 0.2) is 0 Å².